The van der Waals surface area contributed by atoms with Crippen LogP contribution in [0.15, 0.2) is 18.2 Å². The minimum Gasteiger partial charge on any atom is -0.368 e. The van der Waals surface area contributed by atoms with Gasteiger partial charge in [-0.2, -0.15) is 0 Å². The maximum Gasteiger partial charge on any atom is 0.0404 e. The predicted molar refractivity (Wildman–Crippen MR) is 93.7 cm³/mol. The number of hydrogen-bond acceptors (Lipinski definition) is 2. The van der Waals surface area contributed by atoms with E-state index in [0.29, 0.717) is 5.54 Å². The monoisotopic (exact) mass is 298 g/mol. The Bertz CT molecular complexity index is 525. The maximum absolute atomic E-state index is 3.71. The van der Waals surface area contributed by atoms with Crippen molar-refractivity contribution in [2.24, 2.45) is 0 Å². The van der Waals surface area contributed by atoms with Gasteiger partial charge in [-0.25, -0.2) is 0 Å². The van der Waals surface area contributed by atoms with E-state index in [1.54, 1.807) is 11.3 Å². The van der Waals surface area contributed by atoms with Crippen molar-refractivity contribution < 1.29 is 0 Å². The number of hydrogen-bond donors (Lipinski definition) is 1. The third-order valence-corrected chi connectivity index (χ3v) is 6.15. The molecule has 0 unspecified atom stereocenters. The van der Waals surface area contributed by atoms with Gasteiger partial charge in [0.15, 0.2) is 0 Å². The summed E-state index contributed by atoms with van der Waals surface area (Å²) < 4.78 is 0. The second-order valence-corrected chi connectivity index (χ2v) is 7.97. The predicted octanol–water partition coefficient (Wildman–Crippen LogP) is 4.07. The van der Waals surface area contributed by atoms with Crippen LogP contribution in [-0.4, -0.2) is 24.7 Å². The van der Waals surface area contributed by atoms with Crippen LogP contribution < -0.4 is 10.2 Å². The lowest BCUT2D eigenvalue weighted by Gasteiger charge is -2.33. The van der Waals surface area contributed by atoms with E-state index in [0.717, 1.165) is 6.04 Å². The first-order chi connectivity index (χ1) is 10.7. The molecular formula is C20H30N2. The van der Waals surface area contributed by atoms with Crippen molar-refractivity contribution in [3.63, 3.8) is 0 Å². The zero-order valence-corrected chi connectivity index (χ0v) is 14.0. The van der Waals surface area contributed by atoms with Gasteiger partial charge in [0.05, 0.1) is 0 Å². The molecule has 0 aromatic heterocycles. The van der Waals surface area contributed by atoms with E-state index in [1.807, 2.05) is 0 Å². The smallest absolute Gasteiger partial charge is 0.0404 e. The molecule has 2 aliphatic heterocycles. The highest BCUT2D eigenvalue weighted by atomic mass is 15.2. The lowest BCUT2D eigenvalue weighted by molar-refractivity contribution is 0.412. The van der Waals surface area contributed by atoms with Gasteiger partial charge in [-0.3, -0.25) is 0 Å². The molecule has 2 nitrogen and oxygen atoms in total. The molecule has 2 heterocycles. The molecule has 2 fully saturated rings. The first-order valence-corrected chi connectivity index (χ1v) is 9.37. The van der Waals surface area contributed by atoms with Crippen molar-refractivity contribution in [2.45, 2.75) is 76.3 Å². The van der Waals surface area contributed by atoms with Gasteiger partial charge in [0.1, 0.15) is 0 Å². The summed E-state index contributed by atoms with van der Waals surface area (Å²) in [6.07, 6.45) is 12.2. The molecule has 1 saturated carbocycles. The summed E-state index contributed by atoms with van der Waals surface area (Å²) in [5.74, 6) is 0. The largest absolute Gasteiger partial charge is 0.368 e. The normalized spacial score (nSPS) is 29.0. The van der Waals surface area contributed by atoms with Gasteiger partial charge in [-0.1, -0.05) is 31.4 Å². The number of fused-ring (bicyclic) bond motifs is 1. The van der Waals surface area contributed by atoms with E-state index < -0.39 is 0 Å². The van der Waals surface area contributed by atoms with Crippen molar-refractivity contribution >= 4 is 5.69 Å². The Morgan fingerprint density at radius 3 is 2.82 bits per heavy atom. The Morgan fingerprint density at radius 2 is 2.05 bits per heavy atom. The Kier molecular flexibility index (Phi) is 3.89. The van der Waals surface area contributed by atoms with Crippen LogP contribution >= 0.6 is 0 Å². The lowest BCUT2D eigenvalue weighted by Crippen LogP contribution is -2.38. The summed E-state index contributed by atoms with van der Waals surface area (Å²) in [4.78, 5) is 2.74. The summed E-state index contributed by atoms with van der Waals surface area (Å²) in [5, 5.41) is 3.71. The number of benzene rings is 1. The summed E-state index contributed by atoms with van der Waals surface area (Å²) in [5.41, 5.74) is 4.99. The zero-order valence-electron chi connectivity index (χ0n) is 14.0. The van der Waals surface area contributed by atoms with Crippen molar-refractivity contribution in [3.8, 4) is 0 Å². The van der Waals surface area contributed by atoms with Crippen LogP contribution in [0.5, 0.6) is 0 Å². The van der Waals surface area contributed by atoms with Gasteiger partial charge >= 0.3 is 0 Å². The minimum atomic E-state index is 0.322. The molecule has 0 radical (unpaired) electrons. The Labute approximate surface area is 135 Å². The molecule has 4 rings (SSSR count). The molecule has 120 valence electrons. The maximum atomic E-state index is 3.71. The van der Waals surface area contributed by atoms with Crippen LogP contribution in [-0.2, 0) is 12.8 Å². The van der Waals surface area contributed by atoms with Crippen LogP contribution in [0.3, 0.4) is 0 Å². The number of anilines is 1. The Hall–Kier alpha value is -1.02. The third-order valence-electron chi connectivity index (χ3n) is 6.15. The Morgan fingerprint density at radius 1 is 1.18 bits per heavy atom. The fourth-order valence-electron chi connectivity index (χ4n) is 4.89. The third kappa shape index (κ3) is 2.78. The molecule has 22 heavy (non-hydrogen) atoms. The van der Waals surface area contributed by atoms with E-state index in [9.17, 15) is 0 Å². The molecule has 1 atom stereocenters. The van der Waals surface area contributed by atoms with Crippen LogP contribution in [0.4, 0.5) is 5.69 Å². The summed E-state index contributed by atoms with van der Waals surface area (Å²) in [7, 11) is 0. The minimum absolute atomic E-state index is 0.322. The van der Waals surface area contributed by atoms with E-state index in [2.05, 4.69) is 35.3 Å². The van der Waals surface area contributed by atoms with Gasteiger partial charge in [-0.05, 0) is 69.2 Å². The molecule has 1 aromatic carbocycles. The zero-order chi connectivity index (χ0) is 15.0. The molecule has 1 saturated heterocycles. The highest BCUT2D eigenvalue weighted by Gasteiger charge is 2.30. The fourth-order valence-corrected chi connectivity index (χ4v) is 4.89. The average Bonchev–Trinajstić information content (AvgIpc) is 3.14. The van der Waals surface area contributed by atoms with Gasteiger partial charge in [0, 0.05) is 23.8 Å². The second kappa shape index (κ2) is 5.88. The number of nitrogens with zero attached hydrogens (tertiary/aromatic N) is 1. The molecule has 0 bridgehead atoms. The molecule has 0 spiro atoms. The standard InChI is InChI=1S/C20H30N2/c1-20(11-5-12-21-20)15-16-8-9-17-10-13-22(19(17)14-16)18-6-3-2-4-7-18/h8-9,14,18,21H,2-7,10-13,15H2,1H3/t20-/m0/s1. The summed E-state index contributed by atoms with van der Waals surface area (Å²) in [6, 6.07) is 8.12. The molecular weight excluding hydrogens is 268 g/mol. The van der Waals surface area contributed by atoms with E-state index in [1.165, 1.54) is 76.4 Å². The van der Waals surface area contributed by atoms with Gasteiger partial charge < -0.3 is 10.2 Å². The average molecular weight is 298 g/mol. The van der Waals surface area contributed by atoms with Gasteiger partial charge in [-0.15, -0.1) is 0 Å². The molecule has 1 aromatic rings. The van der Waals surface area contributed by atoms with E-state index in [4.69, 9.17) is 0 Å². The topological polar surface area (TPSA) is 15.3 Å². The van der Waals surface area contributed by atoms with E-state index >= 15 is 0 Å². The van der Waals surface area contributed by atoms with Crippen LogP contribution in [0.1, 0.15) is 63.0 Å². The Balaban J connectivity index is 1.54. The SMILES string of the molecule is C[C@@]1(Cc2ccc3c(c2)N(C2CCCCC2)CC3)CCCN1. The first-order valence-electron chi connectivity index (χ1n) is 9.37. The molecule has 1 N–H and O–H groups in total. The number of rotatable bonds is 3. The number of nitrogens with one attached hydrogen (secondary N) is 1. The second-order valence-electron chi connectivity index (χ2n) is 7.97. The first kappa shape index (κ1) is 14.6. The van der Waals surface area contributed by atoms with Crippen molar-refractivity contribution in [2.75, 3.05) is 18.0 Å². The highest BCUT2D eigenvalue weighted by molar-refractivity contribution is 5.60. The summed E-state index contributed by atoms with van der Waals surface area (Å²) in [6.45, 7) is 4.83. The van der Waals surface area contributed by atoms with Gasteiger partial charge in [0.25, 0.3) is 0 Å². The highest BCUT2D eigenvalue weighted by Crippen LogP contribution is 2.36. The van der Waals surface area contributed by atoms with Crippen LogP contribution in [0.2, 0.25) is 0 Å². The summed E-state index contributed by atoms with van der Waals surface area (Å²) >= 11 is 0. The van der Waals surface area contributed by atoms with Gasteiger partial charge in [0.2, 0.25) is 0 Å². The van der Waals surface area contributed by atoms with Crippen molar-refractivity contribution in [3.05, 3.63) is 29.3 Å². The van der Waals surface area contributed by atoms with Crippen molar-refractivity contribution in [1.82, 2.24) is 5.32 Å². The quantitative estimate of drug-likeness (QED) is 0.905. The fraction of sp³-hybridized carbons (Fsp3) is 0.700. The molecule has 1 aliphatic carbocycles. The van der Waals surface area contributed by atoms with Crippen molar-refractivity contribution in [1.29, 1.82) is 0 Å². The van der Waals surface area contributed by atoms with E-state index in [-0.39, 0.29) is 0 Å². The molecule has 3 aliphatic rings. The van der Waals surface area contributed by atoms with Crippen LogP contribution in [0, 0.1) is 0 Å². The molecule has 0 amide bonds. The lowest BCUT2D eigenvalue weighted by atomic mass is 9.90. The molecule has 2 heteroatoms. The van der Waals surface area contributed by atoms with Crippen LogP contribution in [0.25, 0.3) is 0 Å².